The van der Waals surface area contributed by atoms with Gasteiger partial charge in [0.1, 0.15) is 6.04 Å². The van der Waals surface area contributed by atoms with Crippen LogP contribution in [0.3, 0.4) is 0 Å². The number of nitrogens with zero attached hydrogens (tertiary/aromatic N) is 1. The lowest BCUT2D eigenvalue weighted by Crippen LogP contribution is -2.46. The lowest BCUT2D eigenvalue weighted by atomic mass is 10.1. The molecule has 0 N–H and O–H groups in total. The van der Waals surface area contributed by atoms with Gasteiger partial charge in [-0.2, -0.15) is 0 Å². The standard InChI is InChI=1S/C18H37NO5Si/c1-7-11-14-21-17(20)16-18(5,6)19(16)13-12-15-25(22-8-2,23-9-3)24-10-4/h16H,7-15H2,1-6H3. The van der Waals surface area contributed by atoms with Crippen molar-refractivity contribution in [2.24, 2.45) is 0 Å². The Balaban J connectivity index is 2.51. The van der Waals surface area contributed by atoms with E-state index in [0.29, 0.717) is 26.4 Å². The van der Waals surface area contributed by atoms with E-state index in [0.717, 1.165) is 31.9 Å². The zero-order valence-corrected chi connectivity index (χ0v) is 17.9. The SMILES string of the molecule is CCCCOC(=O)C1N(CCC[Si](OCC)(OCC)OCC)C1(C)C. The third kappa shape index (κ3) is 6.32. The van der Waals surface area contributed by atoms with Crippen LogP contribution in [0.15, 0.2) is 0 Å². The van der Waals surface area contributed by atoms with Crippen LogP contribution in [0.25, 0.3) is 0 Å². The number of esters is 1. The summed E-state index contributed by atoms with van der Waals surface area (Å²) in [7, 11) is -2.60. The van der Waals surface area contributed by atoms with Crippen molar-refractivity contribution in [3.8, 4) is 0 Å². The predicted molar refractivity (Wildman–Crippen MR) is 100 cm³/mol. The molecule has 1 fully saturated rings. The summed E-state index contributed by atoms with van der Waals surface area (Å²) in [6.07, 6.45) is 2.84. The third-order valence-electron chi connectivity index (χ3n) is 4.59. The van der Waals surface area contributed by atoms with E-state index in [2.05, 4.69) is 25.7 Å². The van der Waals surface area contributed by atoms with Crippen molar-refractivity contribution < 1.29 is 22.8 Å². The van der Waals surface area contributed by atoms with E-state index in [9.17, 15) is 4.79 Å². The van der Waals surface area contributed by atoms with E-state index < -0.39 is 8.80 Å². The van der Waals surface area contributed by atoms with Gasteiger partial charge in [-0.25, -0.2) is 0 Å². The molecule has 6 nitrogen and oxygen atoms in total. The monoisotopic (exact) mass is 375 g/mol. The Kier molecular flexibility index (Phi) is 9.59. The second-order valence-electron chi connectivity index (χ2n) is 6.86. The molecular formula is C18H37NO5Si. The van der Waals surface area contributed by atoms with Crippen LogP contribution in [0.4, 0.5) is 0 Å². The van der Waals surface area contributed by atoms with E-state index in [4.69, 9.17) is 18.0 Å². The molecule has 0 saturated carbocycles. The molecule has 1 heterocycles. The minimum absolute atomic E-state index is 0.0959. The quantitative estimate of drug-likeness (QED) is 0.201. The molecule has 0 bridgehead atoms. The Morgan fingerprint density at radius 2 is 1.56 bits per heavy atom. The van der Waals surface area contributed by atoms with E-state index in [1.54, 1.807) is 0 Å². The van der Waals surface area contributed by atoms with Gasteiger partial charge in [0, 0.05) is 31.4 Å². The molecule has 1 aliphatic heterocycles. The lowest BCUT2D eigenvalue weighted by molar-refractivity contribution is -0.144. The fraction of sp³-hybridized carbons (Fsp3) is 0.944. The fourth-order valence-electron chi connectivity index (χ4n) is 3.26. The van der Waals surface area contributed by atoms with E-state index in [-0.39, 0.29) is 17.6 Å². The van der Waals surface area contributed by atoms with Gasteiger partial charge >= 0.3 is 14.8 Å². The summed E-state index contributed by atoms with van der Waals surface area (Å²) in [6, 6.07) is 0.638. The molecule has 2 unspecified atom stereocenters. The average molecular weight is 376 g/mol. The molecule has 0 aromatic heterocycles. The highest BCUT2D eigenvalue weighted by molar-refractivity contribution is 6.60. The molecule has 0 radical (unpaired) electrons. The number of rotatable bonds is 14. The van der Waals surface area contributed by atoms with Crippen LogP contribution in [0.2, 0.25) is 6.04 Å². The van der Waals surface area contributed by atoms with Gasteiger partial charge in [0.2, 0.25) is 0 Å². The first kappa shape index (κ1) is 22.6. The first-order valence-corrected chi connectivity index (χ1v) is 11.7. The summed E-state index contributed by atoms with van der Waals surface area (Å²) in [5, 5.41) is 0. The molecule has 0 aliphatic carbocycles. The Morgan fingerprint density at radius 1 is 1.00 bits per heavy atom. The van der Waals surface area contributed by atoms with Crippen LogP contribution in [0.5, 0.6) is 0 Å². The maximum Gasteiger partial charge on any atom is 0.500 e. The topological polar surface area (TPSA) is 57.0 Å². The van der Waals surface area contributed by atoms with Crippen LogP contribution in [-0.2, 0) is 22.8 Å². The van der Waals surface area contributed by atoms with Crippen LogP contribution in [0, 0.1) is 0 Å². The van der Waals surface area contributed by atoms with Crippen molar-refractivity contribution in [2.45, 2.75) is 78.4 Å². The maximum atomic E-state index is 12.2. The molecule has 1 aliphatic rings. The zero-order valence-electron chi connectivity index (χ0n) is 16.9. The van der Waals surface area contributed by atoms with Gasteiger partial charge in [-0.15, -0.1) is 0 Å². The first-order valence-electron chi connectivity index (χ1n) is 9.73. The minimum Gasteiger partial charge on any atom is -0.464 e. The molecule has 25 heavy (non-hydrogen) atoms. The largest absolute Gasteiger partial charge is 0.500 e. The second-order valence-corrected chi connectivity index (χ2v) is 9.59. The van der Waals surface area contributed by atoms with Crippen LogP contribution in [-0.4, -0.2) is 64.2 Å². The number of carbonyl (C=O) groups is 1. The van der Waals surface area contributed by atoms with Crippen molar-refractivity contribution >= 4 is 14.8 Å². The summed E-state index contributed by atoms with van der Waals surface area (Å²) < 4.78 is 23.1. The molecule has 0 aromatic carbocycles. The van der Waals surface area contributed by atoms with Crippen molar-refractivity contribution in [2.75, 3.05) is 33.0 Å². The van der Waals surface area contributed by atoms with E-state index in [1.165, 1.54) is 0 Å². The molecule has 7 heteroatoms. The molecule has 1 rings (SSSR count). The number of unbranched alkanes of at least 4 members (excludes halogenated alkanes) is 1. The predicted octanol–water partition coefficient (Wildman–Crippen LogP) is 3.23. The van der Waals surface area contributed by atoms with Crippen molar-refractivity contribution in [3.05, 3.63) is 0 Å². The van der Waals surface area contributed by atoms with E-state index in [1.807, 2.05) is 20.8 Å². The first-order chi connectivity index (χ1) is 11.9. The number of hydrogen-bond acceptors (Lipinski definition) is 6. The second kappa shape index (κ2) is 10.6. The number of hydrogen-bond donors (Lipinski definition) is 0. The summed E-state index contributed by atoms with van der Waals surface area (Å²) in [4.78, 5) is 14.4. The zero-order chi connectivity index (χ0) is 18.9. The van der Waals surface area contributed by atoms with Gasteiger partial charge in [-0.3, -0.25) is 9.69 Å². The van der Waals surface area contributed by atoms with Gasteiger partial charge in [-0.1, -0.05) is 13.3 Å². The fourth-order valence-corrected chi connectivity index (χ4v) is 5.85. The molecule has 1 saturated heterocycles. The maximum absolute atomic E-state index is 12.2. The summed E-state index contributed by atoms with van der Waals surface area (Å²) in [5.41, 5.74) is -0.129. The Bertz CT molecular complexity index is 388. The van der Waals surface area contributed by atoms with Gasteiger partial charge < -0.3 is 18.0 Å². The van der Waals surface area contributed by atoms with Gasteiger partial charge in [0.25, 0.3) is 0 Å². The van der Waals surface area contributed by atoms with Gasteiger partial charge in [0.15, 0.2) is 0 Å². The number of ether oxygens (including phenoxy) is 1. The van der Waals surface area contributed by atoms with Crippen molar-refractivity contribution in [1.82, 2.24) is 4.90 Å². The highest BCUT2D eigenvalue weighted by Gasteiger charge is 2.60. The van der Waals surface area contributed by atoms with Crippen molar-refractivity contribution in [1.29, 1.82) is 0 Å². The summed E-state index contributed by atoms with van der Waals surface area (Å²) in [5.74, 6) is -0.0959. The molecule has 2 atom stereocenters. The highest BCUT2D eigenvalue weighted by atomic mass is 28.4. The van der Waals surface area contributed by atoms with Gasteiger partial charge in [-0.05, 0) is 54.0 Å². The average Bonchev–Trinajstić information content (AvgIpc) is 3.09. The Hall–Kier alpha value is -0.473. The molecule has 0 aromatic rings. The third-order valence-corrected chi connectivity index (χ3v) is 7.74. The lowest BCUT2D eigenvalue weighted by Gasteiger charge is -2.28. The Morgan fingerprint density at radius 3 is 2.04 bits per heavy atom. The Labute approximate surface area is 154 Å². The van der Waals surface area contributed by atoms with Crippen LogP contribution >= 0.6 is 0 Å². The molecular weight excluding hydrogens is 338 g/mol. The normalized spacial score (nSPS) is 22.0. The number of carbonyl (C=O) groups excluding carboxylic acids is 1. The molecule has 148 valence electrons. The van der Waals surface area contributed by atoms with E-state index >= 15 is 0 Å². The minimum atomic E-state index is -2.60. The van der Waals surface area contributed by atoms with Crippen LogP contribution < -0.4 is 0 Å². The smallest absolute Gasteiger partial charge is 0.464 e. The molecule has 0 amide bonds. The van der Waals surface area contributed by atoms with Crippen LogP contribution in [0.1, 0.15) is 60.8 Å². The highest BCUT2D eigenvalue weighted by Crippen LogP contribution is 2.41. The van der Waals surface area contributed by atoms with Gasteiger partial charge in [0.05, 0.1) is 6.61 Å². The summed E-state index contributed by atoms with van der Waals surface area (Å²) >= 11 is 0. The summed E-state index contributed by atoms with van der Waals surface area (Å²) in [6.45, 7) is 15.3. The van der Waals surface area contributed by atoms with Crippen molar-refractivity contribution in [3.63, 3.8) is 0 Å². The molecule has 0 spiro atoms.